The Morgan fingerprint density at radius 1 is 1.21 bits per heavy atom. The molecule has 2 heterocycles. The number of likely N-dealkylation sites (N-methyl/N-ethyl adjacent to an activating group) is 1. The van der Waals surface area contributed by atoms with Gasteiger partial charge in [-0.25, -0.2) is 0 Å². The van der Waals surface area contributed by atoms with Gasteiger partial charge < -0.3 is 20.9 Å². The number of guanidine groups is 1. The second kappa shape index (κ2) is 13.3. The van der Waals surface area contributed by atoms with Crippen molar-refractivity contribution in [2.24, 2.45) is 16.6 Å². The number of likely N-dealkylation sites (tertiary alicyclic amines) is 2. The highest BCUT2D eigenvalue weighted by atomic mass is 127. The fourth-order valence-corrected chi connectivity index (χ4v) is 4.26. The first-order chi connectivity index (χ1) is 13.4. The molecule has 9 heteroatoms. The Kier molecular flexibility index (Phi) is 11.9. The first kappa shape index (κ1) is 25.9. The quantitative estimate of drug-likeness (QED) is 0.216. The van der Waals surface area contributed by atoms with Crippen LogP contribution in [-0.2, 0) is 9.59 Å². The van der Waals surface area contributed by atoms with E-state index in [1.54, 1.807) is 4.90 Å². The Morgan fingerprint density at radius 3 is 2.59 bits per heavy atom. The Bertz CT molecular complexity index is 557. The molecule has 2 saturated heterocycles. The molecule has 0 bridgehead atoms. The Balaban J connectivity index is 0.00000420. The largest absolute Gasteiger partial charge is 0.370 e. The Labute approximate surface area is 192 Å². The van der Waals surface area contributed by atoms with Crippen molar-refractivity contribution in [1.82, 2.24) is 20.0 Å². The number of nitrogens with one attached hydrogen (secondary N) is 1. The summed E-state index contributed by atoms with van der Waals surface area (Å²) in [7, 11) is 3.66. The van der Waals surface area contributed by atoms with E-state index in [0.29, 0.717) is 12.3 Å². The number of halogens is 1. The third kappa shape index (κ3) is 8.27. The number of amides is 2. The molecule has 2 amide bonds. The minimum absolute atomic E-state index is 0. The zero-order chi connectivity index (χ0) is 20.5. The molecule has 168 valence electrons. The summed E-state index contributed by atoms with van der Waals surface area (Å²) in [6.45, 7) is 7.32. The number of rotatable bonds is 8. The van der Waals surface area contributed by atoms with Gasteiger partial charge in [0.25, 0.3) is 0 Å². The average molecular weight is 522 g/mol. The van der Waals surface area contributed by atoms with Gasteiger partial charge in [-0.1, -0.05) is 0 Å². The molecule has 0 aromatic rings. The summed E-state index contributed by atoms with van der Waals surface area (Å²) < 4.78 is 0. The monoisotopic (exact) mass is 522 g/mol. The smallest absolute Gasteiger partial charge is 0.239 e. The maximum atomic E-state index is 12.3. The maximum Gasteiger partial charge on any atom is 0.239 e. The molecule has 2 aliphatic rings. The minimum atomic E-state index is -0.221. The van der Waals surface area contributed by atoms with Crippen molar-refractivity contribution in [3.63, 3.8) is 0 Å². The van der Waals surface area contributed by atoms with Crippen LogP contribution in [0.4, 0.5) is 0 Å². The van der Waals surface area contributed by atoms with Gasteiger partial charge in [0.1, 0.15) is 0 Å². The molecular formula is C20H39IN6O2. The molecule has 0 saturated carbocycles. The summed E-state index contributed by atoms with van der Waals surface area (Å²) >= 11 is 0. The van der Waals surface area contributed by atoms with Crippen LogP contribution in [0.5, 0.6) is 0 Å². The highest BCUT2D eigenvalue weighted by Gasteiger charge is 2.31. The van der Waals surface area contributed by atoms with Gasteiger partial charge in [0.05, 0.1) is 6.04 Å². The van der Waals surface area contributed by atoms with Crippen molar-refractivity contribution in [3.8, 4) is 0 Å². The van der Waals surface area contributed by atoms with E-state index in [9.17, 15) is 9.59 Å². The van der Waals surface area contributed by atoms with E-state index in [0.717, 1.165) is 77.3 Å². The van der Waals surface area contributed by atoms with Gasteiger partial charge in [0.15, 0.2) is 5.96 Å². The molecule has 0 aliphatic carbocycles. The predicted octanol–water partition coefficient (Wildman–Crippen LogP) is 1.10. The normalized spacial score (nSPS) is 22.9. The second-order valence-corrected chi connectivity index (χ2v) is 8.14. The summed E-state index contributed by atoms with van der Waals surface area (Å²) in [5.74, 6) is 1.24. The summed E-state index contributed by atoms with van der Waals surface area (Å²) in [5, 5.41) is 3.38. The molecule has 0 aromatic carbocycles. The molecule has 29 heavy (non-hydrogen) atoms. The first-order valence-electron chi connectivity index (χ1n) is 10.7. The molecule has 0 spiro atoms. The van der Waals surface area contributed by atoms with Crippen LogP contribution in [0.2, 0.25) is 0 Å². The number of aliphatic imine (C=N–C) groups is 1. The van der Waals surface area contributed by atoms with Crippen LogP contribution in [0.25, 0.3) is 0 Å². The lowest BCUT2D eigenvalue weighted by Gasteiger charge is -2.34. The third-order valence-corrected chi connectivity index (χ3v) is 5.60. The summed E-state index contributed by atoms with van der Waals surface area (Å²) in [6, 6.07) is 0.0314. The minimum Gasteiger partial charge on any atom is -0.370 e. The van der Waals surface area contributed by atoms with E-state index in [-0.39, 0.29) is 41.8 Å². The maximum absolute atomic E-state index is 12.3. The van der Waals surface area contributed by atoms with Crippen LogP contribution in [-0.4, -0.2) is 91.9 Å². The van der Waals surface area contributed by atoms with Gasteiger partial charge in [-0.2, -0.15) is 0 Å². The number of hydrogen-bond donors (Lipinski definition) is 2. The van der Waals surface area contributed by atoms with Gasteiger partial charge >= 0.3 is 0 Å². The highest BCUT2D eigenvalue weighted by molar-refractivity contribution is 14.0. The number of carbonyl (C=O) groups is 2. The van der Waals surface area contributed by atoms with E-state index in [4.69, 9.17) is 10.7 Å². The number of primary amides is 1. The third-order valence-electron chi connectivity index (χ3n) is 5.60. The van der Waals surface area contributed by atoms with Gasteiger partial charge in [0, 0.05) is 53.2 Å². The van der Waals surface area contributed by atoms with Crippen molar-refractivity contribution in [1.29, 1.82) is 0 Å². The van der Waals surface area contributed by atoms with Crippen LogP contribution in [0.1, 0.15) is 45.4 Å². The highest BCUT2D eigenvalue weighted by Crippen LogP contribution is 2.20. The molecule has 2 rings (SSSR count). The van der Waals surface area contributed by atoms with Crippen molar-refractivity contribution < 1.29 is 9.59 Å². The number of carbonyl (C=O) groups excluding carboxylic acids is 2. The zero-order valence-corrected chi connectivity index (χ0v) is 20.6. The summed E-state index contributed by atoms with van der Waals surface area (Å²) in [6.07, 6.45) is 5.54. The molecule has 0 aromatic heterocycles. The molecule has 0 radical (unpaired) electrons. The van der Waals surface area contributed by atoms with Crippen LogP contribution in [0.15, 0.2) is 4.99 Å². The van der Waals surface area contributed by atoms with Crippen LogP contribution in [0, 0.1) is 5.92 Å². The fourth-order valence-electron chi connectivity index (χ4n) is 4.26. The fraction of sp³-hybridized carbons (Fsp3) is 0.850. The van der Waals surface area contributed by atoms with E-state index in [2.05, 4.69) is 22.0 Å². The standard InChI is InChI=1S/C20H38N6O2.HI/c1-4-22-20(26-12-5-8-16(15-26)14-18(21)27)23-10-7-13-25-11-6-9-17(25)19(28)24(2)3;/h16-17H,4-15H2,1-3H3,(H2,21,27)(H,22,23);1H. The van der Waals surface area contributed by atoms with E-state index < -0.39 is 0 Å². The zero-order valence-electron chi connectivity index (χ0n) is 18.2. The first-order valence-corrected chi connectivity index (χ1v) is 10.7. The molecule has 2 atom stereocenters. The predicted molar refractivity (Wildman–Crippen MR) is 127 cm³/mol. The van der Waals surface area contributed by atoms with E-state index >= 15 is 0 Å². The van der Waals surface area contributed by atoms with Crippen molar-refractivity contribution in [2.75, 3.05) is 53.4 Å². The lowest BCUT2D eigenvalue weighted by atomic mass is 9.95. The summed E-state index contributed by atoms with van der Waals surface area (Å²) in [4.78, 5) is 34.6. The number of hydrogen-bond acceptors (Lipinski definition) is 4. The number of piperidine rings is 1. The van der Waals surface area contributed by atoms with Gasteiger partial charge in [-0.3, -0.25) is 19.5 Å². The lowest BCUT2D eigenvalue weighted by Crippen LogP contribution is -2.47. The molecule has 2 fully saturated rings. The van der Waals surface area contributed by atoms with E-state index in [1.165, 1.54) is 0 Å². The lowest BCUT2D eigenvalue weighted by molar-refractivity contribution is -0.133. The van der Waals surface area contributed by atoms with Gasteiger partial charge in [0.2, 0.25) is 11.8 Å². The van der Waals surface area contributed by atoms with E-state index in [1.807, 2.05) is 14.1 Å². The summed E-state index contributed by atoms with van der Waals surface area (Å²) in [5.41, 5.74) is 5.38. The molecule has 8 nitrogen and oxygen atoms in total. The number of nitrogens with two attached hydrogens (primary N) is 1. The molecular weight excluding hydrogens is 483 g/mol. The van der Waals surface area contributed by atoms with Crippen molar-refractivity contribution >= 4 is 41.8 Å². The molecule has 2 unspecified atom stereocenters. The second-order valence-electron chi connectivity index (χ2n) is 8.14. The average Bonchev–Trinajstić information content (AvgIpc) is 3.11. The number of nitrogens with zero attached hydrogens (tertiary/aromatic N) is 4. The van der Waals surface area contributed by atoms with Crippen LogP contribution >= 0.6 is 24.0 Å². The van der Waals surface area contributed by atoms with Gasteiger partial charge in [-0.05, 0) is 51.5 Å². The molecule has 2 aliphatic heterocycles. The van der Waals surface area contributed by atoms with Crippen molar-refractivity contribution in [3.05, 3.63) is 0 Å². The SMILES string of the molecule is CCNC(=NCCCN1CCCC1C(=O)N(C)C)N1CCCC(CC(N)=O)C1.I. The molecule has 3 N–H and O–H groups in total. The van der Waals surface area contributed by atoms with Crippen LogP contribution in [0.3, 0.4) is 0 Å². The van der Waals surface area contributed by atoms with Crippen molar-refractivity contribution in [2.45, 2.75) is 51.5 Å². The topological polar surface area (TPSA) is 94.3 Å². The Morgan fingerprint density at radius 2 is 1.93 bits per heavy atom. The van der Waals surface area contributed by atoms with Gasteiger partial charge in [-0.15, -0.1) is 24.0 Å². The Hall–Kier alpha value is -1.10. The van der Waals surface area contributed by atoms with Crippen LogP contribution < -0.4 is 11.1 Å².